The Morgan fingerprint density at radius 3 is 2.71 bits per heavy atom. The molecule has 3 nitrogen and oxygen atoms in total. The van der Waals surface area contributed by atoms with Crippen LogP contribution in [0.2, 0.25) is 0 Å². The highest BCUT2D eigenvalue weighted by molar-refractivity contribution is 14.1. The van der Waals surface area contributed by atoms with Crippen molar-refractivity contribution in [1.82, 2.24) is 0 Å². The SMILES string of the molecule is C[C@](N)(Cc1ccc(CCF)c(I)c1)C(=O)O. The van der Waals surface area contributed by atoms with E-state index in [0.717, 1.165) is 14.7 Å². The molecule has 0 unspecified atom stereocenters. The summed E-state index contributed by atoms with van der Waals surface area (Å²) in [7, 11) is 0. The second-order valence-corrected chi connectivity index (χ2v) is 5.43. The maximum Gasteiger partial charge on any atom is 0.323 e. The number of halogens is 2. The molecular formula is C12H15FINO2. The van der Waals surface area contributed by atoms with E-state index in [1.807, 2.05) is 12.1 Å². The Hall–Kier alpha value is -0.690. The Labute approximate surface area is 113 Å². The lowest BCUT2D eigenvalue weighted by molar-refractivity contribution is -0.142. The molecule has 94 valence electrons. The molecule has 0 saturated carbocycles. The van der Waals surface area contributed by atoms with Crippen molar-refractivity contribution >= 4 is 28.6 Å². The number of rotatable bonds is 5. The van der Waals surface area contributed by atoms with Crippen LogP contribution in [0.1, 0.15) is 18.1 Å². The minimum Gasteiger partial charge on any atom is -0.480 e. The second kappa shape index (κ2) is 5.77. The Morgan fingerprint density at radius 1 is 1.59 bits per heavy atom. The van der Waals surface area contributed by atoms with Gasteiger partial charge in [-0.05, 0) is 46.7 Å². The predicted octanol–water partition coefficient (Wildman–Crippen LogP) is 2.15. The van der Waals surface area contributed by atoms with Crippen molar-refractivity contribution < 1.29 is 14.3 Å². The Balaban J connectivity index is 2.87. The van der Waals surface area contributed by atoms with Crippen LogP contribution in [-0.2, 0) is 17.6 Å². The number of alkyl halides is 1. The summed E-state index contributed by atoms with van der Waals surface area (Å²) in [6.07, 6.45) is 0.644. The Bertz CT molecular complexity index is 421. The third kappa shape index (κ3) is 3.92. The normalized spacial score (nSPS) is 14.4. The van der Waals surface area contributed by atoms with Gasteiger partial charge in [0.05, 0.1) is 6.67 Å². The number of benzene rings is 1. The van der Waals surface area contributed by atoms with Crippen LogP contribution in [0.3, 0.4) is 0 Å². The maximum atomic E-state index is 12.2. The van der Waals surface area contributed by atoms with Gasteiger partial charge < -0.3 is 10.8 Å². The van der Waals surface area contributed by atoms with Crippen LogP contribution >= 0.6 is 22.6 Å². The monoisotopic (exact) mass is 351 g/mol. The molecule has 1 aromatic carbocycles. The van der Waals surface area contributed by atoms with Gasteiger partial charge in [-0.3, -0.25) is 9.18 Å². The van der Waals surface area contributed by atoms with E-state index in [9.17, 15) is 9.18 Å². The van der Waals surface area contributed by atoms with Crippen molar-refractivity contribution in [3.05, 3.63) is 32.9 Å². The van der Waals surface area contributed by atoms with E-state index in [-0.39, 0.29) is 13.1 Å². The predicted molar refractivity (Wildman–Crippen MR) is 72.8 cm³/mol. The minimum atomic E-state index is -1.27. The van der Waals surface area contributed by atoms with Gasteiger partial charge in [-0.2, -0.15) is 0 Å². The van der Waals surface area contributed by atoms with E-state index in [0.29, 0.717) is 6.42 Å². The van der Waals surface area contributed by atoms with Crippen LogP contribution in [0, 0.1) is 3.57 Å². The number of carbonyl (C=O) groups is 1. The van der Waals surface area contributed by atoms with Gasteiger partial charge in [-0.1, -0.05) is 12.1 Å². The number of hydrogen-bond donors (Lipinski definition) is 2. The van der Waals surface area contributed by atoms with Crippen LogP contribution in [0.15, 0.2) is 18.2 Å². The third-order valence-corrected chi connectivity index (χ3v) is 3.55. The summed E-state index contributed by atoms with van der Waals surface area (Å²) in [5.74, 6) is -1.03. The molecule has 0 aliphatic rings. The zero-order valence-electron chi connectivity index (χ0n) is 9.54. The first kappa shape index (κ1) is 14.4. The molecule has 0 saturated heterocycles. The zero-order valence-corrected chi connectivity index (χ0v) is 11.7. The van der Waals surface area contributed by atoms with Crippen LogP contribution in [0.4, 0.5) is 4.39 Å². The fourth-order valence-electron chi connectivity index (χ4n) is 1.50. The van der Waals surface area contributed by atoms with E-state index >= 15 is 0 Å². The molecule has 0 heterocycles. The summed E-state index contributed by atoms with van der Waals surface area (Å²) in [4.78, 5) is 10.9. The number of aryl methyl sites for hydroxylation is 1. The van der Waals surface area contributed by atoms with Gasteiger partial charge in [0, 0.05) is 16.4 Å². The summed E-state index contributed by atoms with van der Waals surface area (Å²) in [5.41, 5.74) is 6.19. The molecule has 0 bridgehead atoms. The molecule has 1 atom stereocenters. The van der Waals surface area contributed by atoms with E-state index in [4.69, 9.17) is 10.8 Å². The summed E-state index contributed by atoms with van der Waals surface area (Å²) >= 11 is 2.12. The summed E-state index contributed by atoms with van der Waals surface area (Å²) in [6.45, 7) is 1.09. The maximum absolute atomic E-state index is 12.2. The zero-order chi connectivity index (χ0) is 13.1. The fraction of sp³-hybridized carbons (Fsp3) is 0.417. The molecule has 3 N–H and O–H groups in total. The van der Waals surface area contributed by atoms with Crippen LogP contribution in [0.25, 0.3) is 0 Å². The quantitative estimate of drug-likeness (QED) is 0.799. The van der Waals surface area contributed by atoms with Crippen molar-refractivity contribution in [2.45, 2.75) is 25.3 Å². The first-order chi connectivity index (χ1) is 7.86. The lowest BCUT2D eigenvalue weighted by atomic mass is 9.93. The molecule has 1 rings (SSSR count). The van der Waals surface area contributed by atoms with E-state index in [1.54, 1.807) is 6.07 Å². The molecule has 5 heteroatoms. The third-order valence-electron chi connectivity index (χ3n) is 2.54. The molecule has 0 aliphatic carbocycles. The van der Waals surface area contributed by atoms with Gasteiger partial charge in [0.15, 0.2) is 0 Å². The Morgan fingerprint density at radius 2 is 2.24 bits per heavy atom. The number of hydrogen-bond acceptors (Lipinski definition) is 2. The molecule has 0 spiro atoms. The topological polar surface area (TPSA) is 63.3 Å². The molecule has 0 fully saturated rings. The number of aliphatic carboxylic acids is 1. The molecular weight excluding hydrogens is 336 g/mol. The highest BCUT2D eigenvalue weighted by atomic mass is 127. The summed E-state index contributed by atoms with van der Waals surface area (Å²) in [6, 6.07) is 5.50. The molecule has 0 radical (unpaired) electrons. The summed E-state index contributed by atoms with van der Waals surface area (Å²) < 4.78 is 13.2. The number of carboxylic acid groups (broad SMARTS) is 1. The molecule has 1 aromatic rings. The molecule has 17 heavy (non-hydrogen) atoms. The van der Waals surface area contributed by atoms with Crippen molar-refractivity contribution in [1.29, 1.82) is 0 Å². The van der Waals surface area contributed by atoms with E-state index in [1.165, 1.54) is 6.92 Å². The fourth-order valence-corrected chi connectivity index (χ4v) is 2.35. The lowest BCUT2D eigenvalue weighted by Crippen LogP contribution is -2.46. The van der Waals surface area contributed by atoms with E-state index < -0.39 is 11.5 Å². The second-order valence-electron chi connectivity index (χ2n) is 4.26. The first-order valence-corrected chi connectivity index (χ1v) is 6.30. The highest BCUT2D eigenvalue weighted by Gasteiger charge is 2.28. The van der Waals surface area contributed by atoms with Crippen molar-refractivity contribution in [2.75, 3.05) is 6.67 Å². The van der Waals surface area contributed by atoms with Gasteiger partial charge in [0.25, 0.3) is 0 Å². The smallest absolute Gasteiger partial charge is 0.323 e. The molecule has 0 aromatic heterocycles. The summed E-state index contributed by atoms with van der Waals surface area (Å²) in [5, 5.41) is 8.93. The van der Waals surface area contributed by atoms with Crippen LogP contribution in [0.5, 0.6) is 0 Å². The van der Waals surface area contributed by atoms with E-state index in [2.05, 4.69) is 22.6 Å². The van der Waals surface area contributed by atoms with Crippen molar-refractivity contribution in [2.24, 2.45) is 5.73 Å². The lowest BCUT2D eigenvalue weighted by Gasteiger charge is -2.19. The number of nitrogens with two attached hydrogens (primary N) is 1. The van der Waals surface area contributed by atoms with Crippen molar-refractivity contribution in [3.63, 3.8) is 0 Å². The average Bonchev–Trinajstić information content (AvgIpc) is 2.21. The van der Waals surface area contributed by atoms with Gasteiger partial charge in [-0.15, -0.1) is 0 Å². The van der Waals surface area contributed by atoms with Gasteiger partial charge >= 0.3 is 5.97 Å². The van der Waals surface area contributed by atoms with Crippen molar-refractivity contribution in [3.8, 4) is 0 Å². The minimum absolute atomic E-state index is 0.258. The number of carboxylic acids is 1. The average molecular weight is 351 g/mol. The van der Waals surface area contributed by atoms with Crippen LogP contribution in [-0.4, -0.2) is 23.3 Å². The standard InChI is InChI=1S/C12H15FINO2/c1-12(15,11(16)17)7-8-2-3-9(4-5-13)10(14)6-8/h2-3,6H,4-5,7,15H2,1H3,(H,16,17)/t12-/m0/s1. The largest absolute Gasteiger partial charge is 0.480 e. The van der Waals surface area contributed by atoms with Gasteiger partial charge in [-0.25, -0.2) is 0 Å². The Kier molecular flexibility index (Phi) is 4.88. The van der Waals surface area contributed by atoms with Gasteiger partial charge in [0.2, 0.25) is 0 Å². The van der Waals surface area contributed by atoms with Gasteiger partial charge in [0.1, 0.15) is 5.54 Å². The highest BCUT2D eigenvalue weighted by Crippen LogP contribution is 2.18. The molecule has 0 aliphatic heterocycles. The van der Waals surface area contributed by atoms with Crippen LogP contribution < -0.4 is 5.73 Å². The first-order valence-electron chi connectivity index (χ1n) is 5.22. The molecule has 0 amide bonds.